The Balaban J connectivity index is 2.41. The molecule has 0 saturated heterocycles. The van der Waals surface area contributed by atoms with Gasteiger partial charge in [-0.1, -0.05) is 5.16 Å². The maximum atomic E-state index is 12.2. The molecule has 0 bridgehead atoms. The van der Waals surface area contributed by atoms with Gasteiger partial charge in [-0.05, 0) is 28.9 Å². The van der Waals surface area contributed by atoms with Gasteiger partial charge in [0, 0.05) is 16.7 Å². The molecular formula is C9H10BrN5O3S. The Hall–Kier alpha value is -1.65. The summed E-state index contributed by atoms with van der Waals surface area (Å²) in [5.41, 5.74) is 2.78. The van der Waals surface area contributed by atoms with Crippen molar-refractivity contribution in [2.75, 3.05) is 10.1 Å². The van der Waals surface area contributed by atoms with E-state index in [1.807, 2.05) is 0 Å². The molecule has 0 amide bonds. The van der Waals surface area contributed by atoms with Crippen molar-refractivity contribution in [3.63, 3.8) is 0 Å². The second-order valence-electron chi connectivity index (χ2n) is 3.58. The van der Waals surface area contributed by atoms with Gasteiger partial charge in [-0.2, -0.15) is 0 Å². The maximum absolute atomic E-state index is 12.2. The van der Waals surface area contributed by atoms with Crippen LogP contribution in [-0.4, -0.2) is 18.6 Å². The average Bonchev–Trinajstić information content (AvgIpc) is 2.74. The molecule has 0 aliphatic rings. The molecule has 0 aliphatic carbocycles. The van der Waals surface area contributed by atoms with Gasteiger partial charge in [0.25, 0.3) is 10.0 Å². The zero-order valence-electron chi connectivity index (χ0n) is 9.71. The van der Waals surface area contributed by atoms with Gasteiger partial charge in [0.2, 0.25) is 5.88 Å². The molecular weight excluding hydrogens is 338 g/mol. The summed E-state index contributed by atoms with van der Waals surface area (Å²) in [7, 11) is -3.88. The minimum Gasteiger partial charge on any atom is -0.338 e. The van der Waals surface area contributed by atoms with E-state index in [2.05, 4.69) is 36.2 Å². The van der Waals surface area contributed by atoms with Gasteiger partial charge in [0.1, 0.15) is 4.90 Å². The Kier molecular flexibility index (Phi) is 3.73. The lowest BCUT2D eigenvalue weighted by atomic mass is 10.5. The van der Waals surface area contributed by atoms with Gasteiger partial charge in [-0.25, -0.2) is 24.0 Å². The smallest absolute Gasteiger partial charge is 0.268 e. The Labute approximate surface area is 117 Å². The van der Waals surface area contributed by atoms with E-state index in [0.717, 1.165) is 0 Å². The summed E-state index contributed by atoms with van der Waals surface area (Å²) in [5.74, 6) is 5.27. The van der Waals surface area contributed by atoms with Crippen LogP contribution >= 0.6 is 15.9 Å². The maximum Gasteiger partial charge on any atom is 0.268 e. The van der Waals surface area contributed by atoms with Crippen LogP contribution in [0.1, 0.15) is 5.69 Å². The van der Waals surface area contributed by atoms with Gasteiger partial charge < -0.3 is 9.95 Å². The third-order valence-corrected chi connectivity index (χ3v) is 3.90. The highest BCUT2D eigenvalue weighted by Gasteiger charge is 2.21. The number of nitrogens with two attached hydrogens (primary N) is 1. The standard InChI is InChI=1S/C9H10BrN5O3S/c1-5-2-8(18-14-5)15-19(16,17)7-3-6(10)4-12-9(7)13-11/h2-4,15H,11H2,1H3,(H,12,13). The molecule has 0 saturated carbocycles. The summed E-state index contributed by atoms with van der Waals surface area (Å²) >= 11 is 3.15. The molecule has 0 spiro atoms. The number of hydrogen-bond acceptors (Lipinski definition) is 7. The van der Waals surface area contributed by atoms with Gasteiger partial charge >= 0.3 is 0 Å². The van der Waals surface area contributed by atoms with Crippen molar-refractivity contribution in [3.8, 4) is 0 Å². The lowest BCUT2D eigenvalue weighted by molar-refractivity contribution is 0.430. The Bertz CT molecular complexity index is 700. The summed E-state index contributed by atoms with van der Waals surface area (Å²) in [4.78, 5) is 3.75. The normalized spacial score (nSPS) is 11.3. The Morgan fingerprint density at radius 1 is 1.42 bits per heavy atom. The van der Waals surface area contributed by atoms with Crippen molar-refractivity contribution >= 4 is 37.7 Å². The van der Waals surface area contributed by atoms with E-state index in [9.17, 15) is 8.42 Å². The molecule has 19 heavy (non-hydrogen) atoms. The van der Waals surface area contributed by atoms with E-state index in [-0.39, 0.29) is 16.6 Å². The van der Waals surface area contributed by atoms with Crippen molar-refractivity contribution in [2.24, 2.45) is 5.84 Å². The molecule has 8 nitrogen and oxygen atoms in total. The van der Waals surface area contributed by atoms with Crippen molar-refractivity contribution in [3.05, 3.63) is 28.5 Å². The number of nitrogens with one attached hydrogen (secondary N) is 2. The fraction of sp³-hybridized carbons (Fsp3) is 0.111. The number of anilines is 2. The summed E-state index contributed by atoms with van der Waals surface area (Å²) in [6, 6.07) is 2.83. The second-order valence-corrected chi connectivity index (χ2v) is 6.15. The SMILES string of the molecule is Cc1cc(NS(=O)(=O)c2cc(Br)cnc2NN)on1. The van der Waals surface area contributed by atoms with Crippen LogP contribution in [-0.2, 0) is 10.0 Å². The zero-order valence-corrected chi connectivity index (χ0v) is 12.1. The number of hydrazine groups is 1. The number of aromatic nitrogens is 2. The predicted octanol–water partition coefficient (Wildman–Crippen LogP) is 1.23. The predicted molar refractivity (Wildman–Crippen MR) is 71.8 cm³/mol. The highest BCUT2D eigenvalue weighted by atomic mass is 79.9. The summed E-state index contributed by atoms with van der Waals surface area (Å²) in [6.07, 6.45) is 1.42. The number of nitrogens with zero attached hydrogens (tertiary/aromatic N) is 2. The van der Waals surface area contributed by atoms with E-state index in [0.29, 0.717) is 10.2 Å². The highest BCUT2D eigenvalue weighted by Crippen LogP contribution is 2.24. The molecule has 2 aromatic heterocycles. The summed E-state index contributed by atoms with van der Waals surface area (Å²) in [6.45, 7) is 1.68. The Morgan fingerprint density at radius 2 is 2.16 bits per heavy atom. The van der Waals surface area contributed by atoms with E-state index in [1.165, 1.54) is 18.3 Å². The molecule has 2 rings (SSSR count). The lowest BCUT2D eigenvalue weighted by Gasteiger charge is -2.09. The molecule has 0 aromatic carbocycles. The number of hydrogen-bond donors (Lipinski definition) is 3. The van der Waals surface area contributed by atoms with Crippen LogP contribution in [0.3, 0.4) is 0 Å². The van der Waals surface area contributed by atoms with Gasteiger partial charge in [0.05, 0.1) is 5.69 Å². The molecule has 0 atom stereocenters. The van der Waals surface area contributed by atoms with Crippen molar-refractivity contribution < 1.29 is 12.9 Å². The summed E-state index contributed by atoms with van der Waals surface area (Å²) < 4.78 is 31.9. The first-order valence-electron chi connectivity index (χ1n) is 5.00. The minimum atomic E-state index is -3.88. The fourth-order valence-corrected chi connectivity index (χ4v) is 2.94. The third-order valence-electron chi connectivity index (χ3n) is 2.11. The molecule has 0 unspecified atom stereocenters. The van der Waals surface area contributed by atoms with Crippen LogP contribution in [0.25, 0.3) is 0 Å². The number of rotatable bonds is 4. The first kappa shape index (κ1) is 13.8. The largest absolute Gasteiger partial charge is 0.338 e. The number of pyridine rings is 1. The average molecular weight is 348 g/mol. The van der Waals surface area contributed by atoms with Gasteiger partial charge in [-0.15, -0.1) is 0 Å². The molecule has 0 radical (unpaired) electrons. The molecule has 2 heterocycles. The molecule has 102 valence electrons. The van der Waals surface area contributed by atoms with Crippen molar-refractivity contribution in [1.82, 2.24) is 10.1 Å². The topological polar surface area (TPSA) is 123 Å². The van der Waals surface area contributed by atoms with Crippen LogP contribution < -0.4 is 16.0 Å². The first-order valence-corrected chi connectivity index (χ1v) is 7.28. The van der Waals surface area contributed by atoms with Crippen LogP contribution in [0.2, 0.25) is 0 Å². The fourth-order valence-electron chi connectivity index (χ4n) is 1.33. The van der Waals surface area contributed by atoms with Crippen LogP contribution in [0.4, 0.5) is 11.7 Å². The number of halogens is 1. The van der Waals surface area contributed by atoms with E-state index in [1.54, 1.807) is 6.92 Å². The lowest BCUT2D eigenvalue weighted by Crippen LogP contribution is -2.18. The quantitative estimate of drug-likeness (QED) is 0.561. The van der Waals surface area contributed by atoms with Gasteiger partial charge in [0.15, 0.2) is 5.82 Å². The summed E-state index contributed by atoms with van der Waals surface area (Å²) in [5, 5.41) is 3.59. The minimum absolute atomic E-state index is 0.0143. The molecule has 10 heteroatoms. The highest BCUT2D eigenvalue weighted by molar-refractivity contribution is 9.10. The second kappa shape index (κ2) is 5.15. The van der Waals surface area contributed by atoms with E-state index in [4.69, 9.17) is 10.4 Å². The van der Waals surface area contributed by atoms with Gasteiger partial charge in [-0.3, -0.25) is 0 Å². The number of nitrogen functional groups attached to an aromatic ring is 1. The monoisotopic (exact) mass is 347 g/mol. The number of aryl methyl sites for hydroxylation is 1. The van der Waals surface area contributed by atoms with Crippen LogP contribution in [0.15, 0.2) is 32.2 Å². The Morgan fingerprint density at radius 3 is 2.74 bits per heavy atom. The zero-order chi connectivity index (χ0) is 14.0. The van der Waals surface area contributed by atoms with Crippen molar-refractivity contribution in [1.29, 1.82) is 0 Å². The van der Waals surface area contributed by atoms with E-state index < -0.39 is 10.0 Å². The molecule has 2 aromatic rings. The van der Waals surface area contributed by atoms with E-state index >= 15 is 0 Å². The van der Waals surface area contributed by atoms with Crippen molar-refractivity contribution in [2.45, 2.75) is 11.8 Å². The number of sulfonamides is 1. The van der Waals surface area contributed by atoms with Crippen LogP contribution in [0.5, 0.6) is 0 Å². The third kappa shape index (κ3) is 3.03. The first-order chi connectivity index (χ1) is 8.92. The van der Waals surface area contributed by atoms with Crippen LogP contribution in [0, 0.1) is 6.92 Å². The molecule has 0 aliphatic heterocycles. The molecule has 4 N–H and O–H groups in total. The molecule has 0 fully saturated rings.